The first-order chi connectivity index (χ1) is 13.6. The minimum absolute atomic E-state index is 0.0227. The molecule has 7 heteroatoms. The van der Waals surface area contributed by atoms with E-state index in [1.165, 1.54) is 0 Å². The number of carbonyl (C=O) groups is 1. The average molecular weight is 404 g/mol. The first kappa shape index (κ1) is 20.3. The van der Waals surface area contributed by atoms with Crippen LogP contribution in [0.4, 0.5) is 5.69 Å². The Kier molecular flexibility index (Phi) is 7.39. The van der Waals surface area contributed by atoms with E-state index in [0.717, 1.165) is 43.4 Å². The molecule has 0 unspecified atom stereocenters. The summed E-state index contributed by atoms with van der Waals surface area (Å²) >= 11 is 5.84. The van der Waals surface area contributed by atoms with Gasteiger partial charge in [0.2, 0.25) is 5.91 Å². The minimum atomic E-state index is 0.0227. The van der Waals surface area contributed by atoms with Crippen molar-refractivity contribution < 1.29 is 14.3 Å². The van der Waals surface area contributed by atoms with Crippen LogP contribution in [-0.4, -0.2) is 63.8 Å². The predicted molar refractivity (Wildman–Crippen MR) is 112 cm³/mol. The highest BCUT2D eigenvalue weighted by atomic mass is 35.5. The van der Waals surface area contributed by atoms with Crippen LogP contribution in [0.5, 0.6) is 11.5 Å². The molecule has 3 rings (SSSR count). The molecule has 0 atom stereocenters. The zero-order valence-corrected chi connectivity index (χ0v) is 16.8. The number of anilines is 1. The molecule has 1 heterocycles. The summed E-state index contributed by atoms with van der Waals surface area (Å²) < 4.78 is 10.9. The molecule has 2 aromatic carbocycles. The molecule has 1 aliphatic rings. The van der Waals surface area contributed by atoms with E-state index in [4.69, 9.17) is 21.1 Å². The highest BCUT2D eigenvalue weighted by Crippen LogP contribution is 2.22. The van der Waals surface area contributed by atoms with Gasteiger partial charge in [-0.25, -0.2) is 0 Å². The molecule has 0 saturated carbocycles. The molecule has 6 nitrogen and oxygen atoms in total. The van der Waals surface area contributed by atoms with Crippen LogP contribution in [0, 0.1) is 0 Å². The number of amides is 1. The zero-order valence-electron chi connectivity index (χ0n) is 16.1. The lowest BCUT2D eigenvalue weighted by atomic mass is 10.2. The number of nitrogens with one attached hydrogen (secondary N) is 1. The smallest absolute Gasteiger partial charge is 0.234 e. The van der Waals surface area contributed by atoms with Gasteiger partial charge in [-0.2, -0.15) is 0 Å². The Morgan fingerprint density at radius 3 is 2.54 bits per heavy atom. The van der Waals surface area contributed by atoms with Crippen molar-refractivity contribution in [2.75, 3.05) is 57.9 Å². The van der Waals surface area contributed by atoms with Crippen molar-refractivity contribution >= 4 is 23.2 Å². The number of hydrogen-bond donors (Lipinski definition) is 1. The molecule has 1 N–H and O–H groups in total. The zero-order chi connectivity index (χ0) is 19.8. The van der Waals surface area contributed by atoms with E-state index in [-0.39, 0.29) is 5.91 Å². The SMILES string of the molecule is COc1cccc(N2CCN(CC(=O)NCCOc3ccc(Cl)cc3)CC2)c1. The first-order valence-corrected chi connectivity index (χ1v) is 9.78. The van der Waals surface area contributed by atoms with Gasteiger partial charge in [-0.05, 0) is 36.4 Å². The minimum Gasteiger partial charge on any atom is -0.497 e. The number of carbonyl (C=O) groups excluding carboxylic acids is 1. The lowest BCUT2D eigenvalue weighted by Crippen LogP contribution is -2.49. The van der Waals surface area contributed by atoms with Gasteiger partial charge in [0, 0.05) is 43.0 Å². The second-order valence-electron chi connectivity index (χ2n) is 6.62. The molecule has 150 valence electrons. The normalized spacial score (nSPS) is 14.6. The van der Waals surface area contributed by atoms with Gasteiger partial charge < -0.3 is 19.7 Å². The van der Waals surface area contributed by atoms with Crippen molar-refractivity contribution in [3.8, 4) is 11.5 Å². The van der Waals surface area contributed by atoms with E-state index in [0.29, 0.717) is 24.7 Å². The van der Waals surface area contributed by atoms with Crippen LogP contribution in [0.15, 0.2) is 48.5 Å². The van der Waals surface area contributed by atoms with Crippen molar-refractivity contribution in [2.24, 2.45) is 0 Å². The fourth-order valence-electron chi connectivity index (χ4n) is 3.12. The molecule has 1 aliphatic heterocycles. The van der Waals surface area contributed by atoms with E-state index >= 15 is 0 Å². The fraction of sp³-hybridized carbons (Fsp3) is 0.381. The number of ether oxygens (including phenoxy) is 2. The fourth-order valence-corrected chi connectivity index (χ4v) is 3.25. The van der Waals surface area contributed by atoms with Crippen molar-refractivity contribution in [1.82, 2.24) is 10.2 Å². The van der Waals surface area contributed by atoms with Crippen LogP contribution in [0.2, 0.25) is 5.02 Å². The Morgan fingerprint density at radius 1 is 1.07 bits per heavy atom. The van der Waals surface area contributed by atoms with Crippen LogP contribution in [-0.2, 0) is 4.79 Å². The van der Waals surface area contributed by atoms with E-state index in [2.05, 4.69) is 21.2 Å². The lowest BCUT2D eigenvalue weighted by Gasteiger charge is -2.35. The Hall–Kier alpha value is -2.44. The maximum Gasteiger partial charge on any atom is 0.234 e. The van der Waals surface area contributed by atoms with Gasteiger partial charge in [0.1, 0.15) is 18.1 Å². The number of halogens is 1. The number of rotatable bonds is 8. The molecule has 1 saturated heterocycles. The molecular formula is C21H26ClN3O3. The molecule has 1 fully saturated rings. The van der Waals surface area contributed by atoms with Crippen molar-refractivity contribution in [2.45, 2.75) is 0 Å². The lowest BCUT2D eigenvalue weighted by molar-refractivity contribution is -0.122. The van der Waals surface area contributed by atoms with E-state index < -0.39 is 0 Å². The number of piperazine rings is 1. The summed E-state index contributed by atoms with van der Waals surface area (Å²) in [5.41, 5.74) is 1.16. The second kappa shape index (κ2) is 10.2. The summed E-state index contributed by atoms with van der Waals surface area (Å²) in [5, 5.41) is 3.58. The highest BCUT2D eigenvalue weighted by molar-refractivity contribution is 6.30. The summed E-state index contributed by atoms with van der Waals surface area (Å²) in [7, 11) is 1.68. The third-order valence-corrected chi connectivity index (χ3v) is 4.92. The van der Waals surface area contributed by atoms with E-state index in [9.17, 15) is 4.79 Å². The van der Waals surface area contributed by atoms with Gasteiger partial charge in [-0.15, -0.1) is 0 Å². The average Bonchev–Trinajstić information content (AvgIpc) is 2.73. The Labute approximate surface area is 171 Å². The second-order valence-corrected chi connectivity index (χ2v) is 7.05. The summed E-state index contributed by atoms with van der Waals surface area (Å²) in [6.45, 7) is 4.80. The standard InChI is InChI=1S/C21H26ClN3O3/c1-27-20-4-2-3-18(15-20)25-12-10-24(11-13-25)16-21(26)23-9-14-28-19-7-5-17(22)6-8-19/h2-8,15H,9-14,16H2,1H3,(H,23,26). The maximum atomic E-state index is 12.1. The monoisotopic (exact) mass is 403 g/mol. The van der Waals surface area contributed by atoms with Crippen LogP contribution in [0.25, 0.3) is 0 Å². The first-order valence-electron chi connectivity index (χ1n) is 9.40. The van der Waals surface area contributed by atoms with Gasteiger partial charge in [0.15, 0.2) is 0 Å². The maximum absolute atomic E-state index is 12.1. The number of hydrogen-bond acceptors (Lipinski definition) is 5. The molecule has 0 spiro atoms. The highest BCUT2D eigenvalue weighted by Gasteiger charge is 2.19. The summed E-state index contributed by atoms with van der Waals surface area (Å²) in [6, 6.07) is 15.3. The Balaban J connectivity index is 1.33. The van der Waals surface area contributed by atoms with Crippen LogP contribution in [0.1, 0.15) is 0 Å². The molecule has 0 bridgehead atoms. The summed E-state index contributed by atoms with van der Waals surface area (Å²) in [5.74, 6) is 1.63. The number of nitrogens with zero attached hydrogens (tertiary/aromatic N) is 2. The van der Waals surface area contributed by atoms with Crippen LogP contribution < -0.4 is 19.7 Å². The van der Waals surface area contributed by atoms with Crippen molar-refractivity contribution in [3.63, 3.8) is 0 Å². The third kappa shape index (κ3) is 6.04. The largest absolute Gasteiger partial charge is 0.497 e. The van der Waals surface area contributed by atoms with Gasteiger partial charge in [0.25, 0.3) is 0 Å². The number of benzene rings is 2. The van der Waals surface area contributed by atoms with Gasteiger partial charge in [0.05, 0.1) is 20.2 Å². The molecular weight excluding hydrogens is 378 g/mol. The topological polar surface area (TPSA) is 54.0 Å². The van der Waals surface area contributed by atoms with E-state index in [1.54, 1.807) is 19.2 Å². The summed E-state index contributed by atoms with van der Waals surface area (Å²) in [4.78, 5) is 16.6. The molecule has 28 heavy (non-hydrogen) atoms. The van der Waals surface area contributed by atoms with Gasteiger partial charge in [-0.3, -0.25) is 9.69 Å². The third-order valence-electron chi connectivity index (χ3n) is 4.66. The molecule has 0 aromatic heterocycles. The Bertz CT molecular complexity index is 762. The van der Waals surface area contributed by atoms with Crippen LogP contribution in [0.3, 0.4) is 0 Å². The quantitative estimate of drug-likeness (QED) is 0.687. The summed E-state index contributed by atoms with van der Waals surface area (Å²) in [6.07, 6.45) is 0. The number of methoxy groups -OCH3 is 1. The van der Waals surface area contributed by atoms with Crippen molar-refractivity contribution in [1.29, 1.82) is 0 Å². The molecule has 0 radical (unpaired) electrons. The van der Waals surface area contributed by atoms with Gasteiger partial charge in [-0.1, -0.05) is 17.7 Å². The molecule has 0 aliphatic carbocycles. The predicted octanol–water partition coefficient (Wildman–Crippen LogP) is 2.67. The Morgan fingerprint density at radius 2 is 1.82 bits per heavy atom. The molecule has 1 amide bonds. The van der Waals surface area contributed by atoms with Crippen LogP contribution >= 0.6 is 11.6 Å². The van der Waals surface area contributed by atoms with Gasteiger partial charge >= 0.3 is 0 Å². The molecule has 2 aromatic rings. The van der Waals surface area contributed by atoms with Crippen molar-refractivity contribution in [3.05, 3.63) is 53.6 Å². The van der Waals surface area contributed by atoms with E-state index in [1.807, 2.05) is 30.3 Å².